The predicted molar refractivity (Wildman–Crippen MR) is 69.6 cm³/mol. The van der Waals surface area contributed by atoms with Crippen LogP contribution in [0.25, 0.3) is 0 Å². The molecule has 0 atom stereocenters. The zero-order valence-electron chi connectivity index (χ0n) is 9.84. The molecule has 19 heavy (non-hydrogen) atoms. The summed E-state index contributed by atoms with van der Waals surface area (Å²) in [6.45, 7) is 1.82. The van der Waals surface area contributed by atoms with Gasteiger partial charge in [0.2, 0.25) is 0 Å². The lowest BCUT2D eigenvalue weighted by Crippen LogP contribution is -2.34. The summed E-state index contributed by atoms with van der Waals surface area (Å²) in [5, 5.41) is 2.27. The van der Waals surface area contributed by atoms with Crippen LogP contribution in [0.2, 0.25) is 5.02 Å². The molecule has 1 aromatic rings. The van der Waals surface area contributed by atoms with Gasteiger partial charge in [0.05, 0.1) is 10.6 Å². The molecule has 0 radical (unpaired) electrons. The molecular formula is C11H10Cl2FNO3S. The van der Waals surface area contributed by atoms with Gasteiger partial charge in [0.25, 0.3) is 15.0 Å². The smallest absolute Gasteiger partial charge is 0.262 e. The van der Waals surface area contributed by atoms with E-state index < -0.39 is 31.2 Å². The molecule has 1 fully saturated rings. The number of rotatable bonds is 3. The lowest BCUT2D eigenvalue weighted by atomic mass is 10.2. The highest BCUT2D eigenvalue weighted by atomic mass is 35.7. The second-order valence-corrected chi connectivity index (χ2v) is 7.66. The highest BCUT2D eigenvalue weighted by Crippen LogP contribution is 2.35. The van der Waals surface area contributed by atoms with E-state index in [-0.39, 0.29) is 10.6 Å². The maximum atomic E-state index is 13.7. The first-order valence-corrected chi connectivity index (χ1v) is 8.07. The first-order chi connectivity index (χ1) is 8.62. The molecule has 0 bridgehead atoms. The van der Waals surface area contributed by atoms with E-state index in [9.17, 15) is 17.6 Å². The van der Waals surface area contributed by atoms with Crippen molar-refractivity contribution in [1.29, 1.82) is 0 Å². The van der Waals surface area contributed by atoms with Gasteiger partial charge in [-0.15, -0.1) is 0 Å². The Balaban J connectivity index is 2.43. The number of nitrogens with one attached hydrogen (secondary N) is 1. The Bertz CT molecular complexity index is 656. The Morgan fingerprint density at radius 3 is 2.47 bits per heavy atom. The van der Waals surface area contributed by atoms with E-state index in [1.54, 1.807) is 0 Å². The Morgan fingerprint density at radius 1 is 1.42 bits per heavy atom. The van der Waals surface area contributed by atoms with Crippen LogP contribution in [0.5, 0.6) is 0 Å². The normalized spacial score (nSPS) is 17.1. The standard InChI is InChI=1S/C11H10Cl2FNO3S/c1-11(2-3-11)15-10(16)6-4-9(19(13,17)18)7(12)5-8(6)14/h4-5H,2-3H2,1H3,(H,15,16). The summed E-state index contributed by atoms with van der Waals surface area (Å²) in [4.78, 5) is 11.4. The summed E-state index contributed by atoms with van der Waals surface area (Å²) in [7, 11) is 1.03. The van der Waals surface area contributed by atoms with Gasteiger partial charge in [-0.3, -0.25) is 4.79 Å². The zero-order chi connectivity index (χ0) is 14.4. The number of hydrogen-bond acceptors (Lipinski definition) is 3. The number of carbonyl (C=O) groups excluding carboxylic acids is 1. The molecule has 2 rings (SSSR count). The second-order valence-electron chi connectivity index (χ2n) is 4.72. The minimum absolute atomic E-state index is 0.344. The molecule has 0 spiro atoms. The summed E-state index contributed by atoms with van der Waals surface area (Å²) in [5.41, 5.74) is -0.736. The second kappa shape index (κ2) is 4.61. The third kappa shape index (κ3) is 3.19. The van der Waals surface area contributed by atoms with E-state index in [4.69, 9.17) is 22.3 Å². The average Bonchev–Trinajstić information content (AvgIpc) is 2.93. The number of amides is 1. The highest BCUT2D eigenvalue weighted by molar-refractivity contribution is 8.13. The van der Waals surface area contributed by atoms with Crippen molar-refractivity contribution >= 4 is 37.2 Å². The molecule has 1 amide bonds. The van der Waals surface area contributed by atoms with Crippen molar-refractivity contribution in [2.24, 2.45) is 0 Å². The monoisotopic (exact) mass is 325 g/mol. The fraction of sp³-hybridized carbons (Fsp3) is 0.364. The van der Waals surface area contributed by atoms with Gasteiger partial charge in [0, 0.05) is 16.2 Å². The molecule has 8 heteroatoms. The lowest BCUT2D eigenvalue weighted by molar-refractivity contribution is 0.0931. The van der Waals surface area contributed by atoms with Crippen molar-refractivity contribution < 1.29 is 17.6 Å². The van der Waals surface area contributed by atoms with Crippen LogP contribution in [0.15, 0.2) is 17.0 Å². The minimum atomic E-state index is -4.14. The lowest BCUT2D eigenvalue weighted by Gasteiger charge is -2.12. The molecule has 0 aromatic heterocycles. The van der Waals surface area contributed by atoms with Crippen LogP contribution >= 0.6 is 22.3 Å². The average molecular weight is 326 g/mol. The van der Waals surface area contributed by atoms with Gasteiger partial charge < -0.3 is 5.32 Å². The van der Waals surface area contributed by atoms with Crippen molar-refractivity contribution in [2.45, 2.75) is 30.2 Å². The van der Waals surface area contributed by atoms with Crippen LogP contribution < -0.4 is 5.32 Å². The number of halogens is 3. The van der Waals surface area contributed by atoms with E-state index >= 15 is 0 Å². The fourth-order valence-corrected chi connectivity index (χ4v) is 3.05. The third-order valence-electron chi connectivity index (χ3n) is 2.94. The summed E-state index contributed by atoms with van der Waals surface area (Å²) in [5.74, 6) is -1.58. The summed E-state index contributed by atoms with van der Waals surface area (Å²) < 4.78 is 36.2. The quantitative estimate of drug-likeness (QED) is 0.869. The Morgan fingerprint density at radius 2 is 2.00 bits per heavy atom. The van der Waals surface area contributed by atoms with Crippen molar-refractivity contribution in [1.82, 2.24) is 5.32 Å². The fourth-order valence-electron chi connectivity index (χ4n) is 1.54. The molecule has 1 aromatic carbocycles. The molecular weight excluding hydrogens is 316 g/mol. The third-order valence-corrected chi connectivity index (χ3v) is 4.73. The van der Waals surface area contributed by atoms with Crippen LogP contribution in [0.1, 0.15) is 30.1 Å². The zero-order valence-corrected chi connectivity index (χ0v) is 12.2. The number of carbonyl (C=O) groups is 1. The number of hydrogen-bond donors (Lipinski definition) is 1. The van der Waals surface area contributed by atoms with Gasteiger partial charge >= 0.3 is 0 Å². The Kier molecular flexibility index (Phi) is 3.53. The Labute approximate surface area is 119 Å². The summed E-state index contributed by atoms with van der Waals surface area (Å²) >= 11 is 5.60. The summed E-state index contributed by atoms with van der Waals surface area (Å²) in [6, 6.07) is 1.61. The number of benzene rings is 1. The largest absolute Gasteiger partial charge is 0.347 e. The van der Waals surface area contributed by atoms with Gasteiger partial charge in [-0.1, -0.05) is 11.6 Å². The Hall–Kier alpha value is -0.850. The maximum Gasteiger partial charge on any atom is 0.262 e. The van der Waals surface area contributed by atoms with Gasteiger partial charge in [-0.05, 0) is 31.9 Å². The van der Waals surface area contributed by atoms with Crippen molar-refractivity contribution in [3.63, 3.8) is 0 Å². The molecule has 104 valence electrons. The maximum absolute atomic E-state index is 13.7. The van der Waals surface area contributed by atoms with Crippen LogP contribution in [-0.4, -0.2) is 19.9 Å². The highest BCUT2D eigenvalue weighted by Gasteiger charge is 2.39. The molecule has 0 heterocycles. The van der Waals surface area contributed by atoms with Gasteiger partial charge in [0.15, 0.2) is 0 Å². The van der Waals surface area contributed by atoms with Gasteiger partial charge in [-0.2, -0.15) is 0 Å². The van der Waals surface area contributed by atoms with Crippen LogP contribution in [0, 0.1) is 5.82 Å². The van der Waals surface area contributed by atoms with Gasteiger partial charge in [0.1, 0.15) is 10.7 Å². The first kappa shape index (κ1) is 14.6. The predicted octanol–water partition coefficient (Wildman–Crippen LogP) is 2.69. The molecule has 0 aliphatic heterocycles. The van der Waals surface area contributed by atoms with E-state index in [0.29, 0.717) is 0 Å². The van der Waals surface area contributed by atoms with Crippen molar-refractivity contribution in [3.8, 4) is 0 Å². The van der Waals surface area contributed by atoms with Crippen molar-refractivity contribution in [2.75, 3.05) is 0 Å². The van der Waals surface area contributed by atoms with Crippen LogP contribution in [0.4, 0.5) is 4.39 Å². The molecule has 1 aliphatic carbocycles. The minimum Gasteiger partial charge on any atom is -0.347 e. The molecule has 4 nitrogen and oxygen atoms in total. The first-order valence-electron chi connectivity index (χ1n) is 5.39. The van der Waals surface area contributed by atoms with E-state index in [1.165, 1.54) is 0 Å². The molecule has 1 N–H and O–H groups in total. The van der Waals surface area contributed by atoms with Crippen LogP contribution in [-0.2, 0) is 9.05 Å². The van der Waals surface area contributed by atoms with Crippen molar-refractivity contribution in [3.05, 3.63) is 28.5 Å². The molecule has 1 aliphatic rings. The van der Waals surface area contributed by atoms with E-state index in [1.807, 2.05) is 6.92 Å². The van der Waals surface area contributed by atoms with E-state index in [2.05, 4.69) is 5.32 Å². The summed E-state index contributed by atoms with van der Waals surface area (Å²) in [6.07, 6.45) is 1.60. The molecule has 0 saturated heterocycles. The molecule has 0 unspecified atom stereocenters. The van der Waals surface area contributed by atoms with E-state index in [0.717, 1.165) is 25.0 Å². The SMILES string of the molecule is CC1(NC(=O)c2cc(S(=O)(=O)Cl)c(Cl)cc2F)CC1. The van der Waals surface area contributed by atoms with Gasteiger partial charge in [-0.25, -0.2) is 12.8 Å². The topological polar surface area (TPSA) is 63.2 Å². The van der Waals surface area contributed by atoms with Crippen LogP contribution in [0.3, 0.4) is 0 Å². The molecule has 1 saturated carbocycles.